The highest BCUT2D eigenvalue weighted by Crippen LogP contribution is 2.42. The maximum atomic E-state index is 14.2. The van der Waals surface area contributed by atoms with Crippen molar-refractivity contribution >= 4 is 40.8 Å². The summed E-state index contributed by atoms with van der Waals surface area (Å²) in [5.41, 5.74) is 5.35. The topological polar surface area (TPSA) is 116 Å². The van der Waals surface area contributed by atoms with E-state index in [4.69, 9.17) is 16.3 Å². The van der Waals surface area contributed by atoms with Gasteiger partial charge in [0.05, 0.1) is 12.8 Å². The van der Waals surface area contributed by atoms with Crippen LogP contribution in [-0.2, 0) is 25.5 Å². The van der Waals surface area contributed by atoms with E-state index in [1.165, 1.54) is 0 Å². The first-order valence-corrected chi connectivity index (χ1v) is 14.2. The number of nitrogens with zero attached hydrogens (tertiary/aromatic N) is 1. The van der Waals surface area contributed by atoms with Gasteiger partial charge in [-0.1, -0.05) is 55.8 Å². The van der Waals surface area contributed by atoms with Crippen molar-refractivity contribution in [3.63, 3.8) is 0 Å². The minimum Gasteiger partial charge on any atom is -0.481 e. The molecule has 3 N–H and O–H groups in total. The van der Waals surface area contributed by atoms with Crippen molar-refractivity contribution < 1.29 is 29.3 Å². The molecule has 9 heteroatoms. The van der Waals surface area contributed by atoms with Gasteiger partial charge in [-0.25, -0.2) is 0 Å². The number of nitrogens with one attached hydrogen (secondary N) is 1. The standard InChI is InChI=1S/C33H37ClN2O6/c1-19-7-6-8-24(21(19)3)31-25-15-23(34)11-12-27(25)36(17-33(4,5)18-37)32(41)28(42-31)16-29(38)35-26-13-22(14-30(39)40)10-9-20(26)2/h6-13,15,28,31,37H,14,16-18H2,1-5H3,(H,35,38)(H,39,40)/t28-,31-/m1/s1. The molecule has 0 bridgehead atoms. The average Bonchev–Trinajstić information content (AvgIpc) is 3.02. The van der Waals surface area contributed by atoms with Gasteiger partial charge in [-0.15, -0.1) is 0 Å². The van der Waals surface area contributed by atoms with Crippen LogP contribution in [0.4, 0.5) is 11.4 Å². The Morgan fingerprint density at radius 1 is 1.02 bits per heavy atom. The molecule has 3 aromatic rings. The number of carbonyl (C=O) groups excluding carboxylic acids is 2. The zero-order valence-corrected chi connectivity index (χ0v) is 25.3. The van der Waals surface area contributed by atoms with Gasteiger partial charge in [0.2, 0.25) is 5.91 Å². The molecule has 0 fully saturated rings. The molecule has 0 radical (unpaired) electrons. The van der Waals surface area contributed by atoms with Gasteiger partial charge >= 0.3 is 5.97 Å². The first-order valence-electron chi connectivity index (χ1n) is 13.8. The average molecular weight is 593 g/mol. The monoisotopic (exact) mass is 592 g/mol. The SMILES string of the molecule is Cc1ccc(CC(=O)O)cc1NC(=O)C[C@H]1O[C@H](c2cccc(C)c2C)c2cc(Cl)ccc2N(CC(C)(C)CO)C1=O. The molecule has 1 heterocycles. The first kappa shape index (κ1) is 31.2. The number of anilines is 2. The summed E-state index contributed by atoms with van der Waals surface area (Å²) in [5, 5.41) is 22.6. The largest absolute Gasteiger partial charge is 0.481 e. The molecule has 0 saturated carbocycles. The zero-order valence-electron chi connectivity index (χ0n) is 24.5. The van der Waals surface area contributed by atoms with Crippen LogP contribution in [0.3, 0.4) is 0 Å². The lowest BCUT2D eigenvalue weighted by molar-refractivity contribution is -0.136. The number of benzene rings is 3. The summed E-state index contributed by atoms with van der Waals surface area (Å²) in [6.07, 6.45) is -2.30. The third kappa shape index (κ3) is 7.01. The van der Waals surface area contributed by atoms with Crippen molar-refractivity contribution in [1.82, 2.24) is 0 Å². The van der Waals surface area contributed by atoms with Crippen molar-refractivity contribution in [2.75, 3.05) is 23.4 Å². The maximum absolute atomic E-state index is 14.2. The van der Waals surface area contributed by atoms with Gasteiger partial charge in [0.25, 0.3) is 5.91 Å². The number of halogens is 1. The molecule has 42 heavy (non-hydrogen) atoms. The number of carbonyl (C=O) groups is 3. The third-order valence-corrected chi connectivity index (χ3v) is 7.89. The second-order valence-corrected chi connectivity index (χ2v) is 12.2. The van der Waals surface area contributed by atoms with Gasteiger partial charge < -0.3 is 25.2 Å². The number of rotatable bonds is 9. The first-order chi connectivity index (χ1) is 19.8. The predicted octanol–water partition coefficient (Wildman–Crippen LogP) is 5.76. The molecule has 0 unspecified atom stereocenters. The van der Waals surface area contributed by atoms with Gasteiger partial charge in [-0.2, -0.15) is 0 Å². The molecule has 1 aliphatic heterocycles. The van der Waals surface area contributed by atoms with Crippen LogP contribution in [0.15, 0.2) is 54.6 Å². The Bertz CT molecular complexity index is 1520. The summed E-state index contributed by atoms with van der Waals surface area (Å²) in [7, 11) is 0. The molecule has 0 aromatic heterocycles. The molecule has 8 nitrogen and oxygen atoms in total. The van der Waals surface area contributed by atoms with E-state index in [0.717, 1.165) is 22.3 Å². The molecule has 1 aliphatic rings. The van der Waals surface area contributed by atoms with Crippen molar-refractivity contribution in [2.24, 2.45) is 5.41 Å². The van der Waals surface area contributed by atoms with Crippen LogP contribution in [0.25, 0.3) is 0 Å². The van der Waals surface area contributed by atoms with Crippen LogP contribution in [0, 0.1) is 26.2 Å². The normalized spacial score (nSPS) is 17.0. The molecule has 4 rings (SSSR count). The Morgan fingerprint density at radius 3 is 2.45 bits per heavy atom. The second-order valence-electron chi connectivity index (χ2n) is 11.7. The summed E-state index contributed by atoms with van der Waals surface area (Å²) in [5.74, 6) is -1.83. The number of hydrogen-bond donors (Lipinski definition) is 3. The van der Waals surface area contributed by atoms with E-state index in [1.54, 1.807) is 41.3 Å². The summed E-state index contributed by atoms with van der Waals surface area (Å²) < 4.78 is 6.57. The number of aryl methyl sites for hydroxylation is 2. The Balaban J connectivity index is 1.76. The number of aliphatic carboxylic acids is 1. The lowest BCUT2D eigenvalue weighted by Gasteiger charge is -2.32. The van der Waals surface area contributed by atoms with Crippen molar-refractivity contribution in [3.05, 3.63) is 93.0 Å². The number of carboxylic acid groups (broad SMARTS) is 1. The second kappa shape index (κ2) is 12.7. The van der Waals surface area contributed by atoms with E-state index in [-0.39, 0.29) is 26.0 Å². The minimum atomic E-state index is -1.15. The lowest BCUT2D eigenvalue weighted by Crippen LogP contribution is -2.46. The third-order valence-electron chi connectivity index (χ3n) is 7.65. The van der Waals surface area contributed by atoms with Gasteiger partial charge in [0.15, 0.2) is 0 Å². The van der Waals surface area contributed by atoms with Crippen molar-refractivity contribution in [3.8, 4) is 0 Å². The summed E-state index contributed by atoms with van der Waals surface area (Å²) in [6, 6.07) is 16.2. The van der Waals surface area contributed by atoms with Gasteiger partial charge in [0, 0.05) is 40.5 Å². The minimum absolute atomic E-state index is 0.155. The van der Waals surface area contributed by atoms with E-state index < -0.39 is 35.4 Å². The van der Waals surface area contributed by atoms with E-state index in [1.807, 2.05) is 52.8 Å². The van der Waals surface area contributed by atoms with Crippen LogP contribution in [0.5, 0.6) is 0 Å². The Morgan fingerprint density at radius 2 is 1.76 bits per heavy atom. The van der Waals surface area contributed by atoms with E-state index in [9.17, 15) is 24.6 Å². The number of amides is 2. The Hall–Kier alpha value is -3.72. The molecule has 2 atom stereocenters. The fraction of sp³-hybridized carbons (Fsp3) is 0.364. The predicted molar refractivity (Wildman–Crippen MR) is 163 cm³/mol. The van der Waals surface area contributed by atoms with Crippen LogP contribution < -0.4 is 10.2 Å². The fourth-order valence-corrected chi connectivity index (χ4v) is 5.28. The highest BCUT2D eigenvalue weighted by Gasteiger charge is 2.40. The Labute approximate surface area is 251 Å². The molecule has 0 saturated heterocycles. The van der Waals surface area contributed by atoms with E-state index in [2.05, 4.69) is 5.32 Å². The molecule has 222 valence electrons. The Kier molecular flexibility index (Phi) is 9.40. The highest BCUT2D eigenvalue weighted by molar-refractivity contribution is 6.30. The highest BCUT2D eigenvalue weighted by atomic mass is 35.5. The number of ether oxygens (including phenoxy) is 1. The number of hydrogen-bond acceptors (Lipinski definition) is 5. The lowest BCUT2D eigenvalue weighted by atomic mass is 9.91. The van der Waals surface area contributed by atoms with Gasteiger partial charge in [-0.05, 0) is 72.9 Å². The molecule has 3 aromatic carbocycles. The molecule has 0 aliphatic carbocycles. The summed E-state index contributed by atoms with van der Waals surface area (Å²) >= 11 is 6.47. The van der Waals surface area contributed by atoms with Gasteiger partial charge in [0.1, 0.15) is 12.2 Å². The molecule has 0 spiro atoms. The van der Waals surface area contributed by atoms with Gasteiger partial charge in [-0.3, -0.25) is 14.4 Å². The van der Waals surface area contributed by atoms with Crippen molar-refractivity contribution in [2.45, 2.75) is 59.7 Å². The van der Waals surface area contributed by atoms with Crippen LogP contribution in [-0.4, -0.2) is 47.3 Å². The molecular weight excluding hydrogens is 556 g/mol. The molecular formula is C33H37ClN2O6. The van der Waals surface area contributed by atoms with Crippen LogP contribution in [0.2, 0.25) is 5.02 Å². The number of aliphatic hydroxyl groups excluding tert-OH is 1. The maximum Gasteiger partial charge on any atom is 0.307 e. The van der Waals surface area contributed by atoms with E-state index in [0.29, 0.717) is 27.5 Å². The quantitative estimate of drug-likeness (QED) is 0.291. The van der Waals surface area contributed by atoms with E-state index >= 15 is 0 Å². The fourth-order valence-electron chi connectivity index (χ4n) is 5.10. The number of aliphatic hydroxyl groups is 1. The van der Waals surface area contributed by atoms with Crippen molar-refractivity contribution in [1.29, 1.82) is 0 Å². The molecule has 2 amide bonds. The van der Waals surface area contributed by atoms with Crippen LogP contribution in [0.1, 0.15) is 59.8 Å². The smallest absolute Gasteiger partial charge is 0.307 e. The van der Waals surface area contributed by atoms with Crippen LogP contribution >= 0.6 is 11.6 Å². The zero-order chi connectivity index (χ0) is 30.8. The number of fused-ring (bicyclic) bond motifs is 1. The number of carboxylic acids is 1. The summed E-state index contributed by atoms with van der Waals surface area (Å²) in [6.45, 7) is 9.56. The summed E-state index contributed by atoms with van der Waals surface area (Å²) in [4.78, 5) is 40.4.